The standard InChI is InChI=1S/C20H24N6O/c1-20(2,27)8-4-5-14-9-16-12-24-26(19(16)21-11-14)17-7-3-6-15(10-17)18-22-13-23-25-18/h3,6-7,9-12,23,27H,4-5,8,13H2,1-2H3,(H,22,25). The van der Waals surface area contributed by atoms with Crippen molar-refractivity contribution < 1.29 is 5.11 Å². The van der Waals surface area contributed by atoms with Crippen LogP contribution in [-0.4, -0.2) is 38.0 Å². The maximum atomic E-state index is 9.85. The molecule has 1 aliphatic rings. The zero-order chi connectivity index (χ0) is 18.9. The lowest BCUT2D eigenvalue weighted by atomic mass is 9.99. The van der Waals surface area contributed by atoms with Crippen molar-refractivity contribution in [1.82, 2.24) is 25.6 Å². The summed E-state index contributed by atoms with van der Waals surface area (Å²) >= 11 is 0. The topological polar surface area (TPSA) is 87.4 Å². The summed E-state index contributed by atoms with van der Waals surface area (Å²) in [6, 6.07) is 10.2. The summed E-state index contributed by atoms with van der Waals surface area (Å²) < 4.78 is 1.85. The van der Waals surface area contributed by atoms with E-state index in [1.807, 2.05) is 55.2 Å². The molecule has 1 aromatic carbocycles. The van der Waals surface area contributed by atoms with Crippen LogP contribution in [0.25, 0.3) is 16.7 Å². The largest absolute Gasteiger partial charge is 0.390 e. The molecule has 0 atom stereocenters. The van der Waals surface area contributed by atoms with Crippen LogP contribution in [0.4, 0.5) is 0 Å². The number of rotatable bonds is 6. The Balaban J connectivity index is 1.58. The van der Waals surface area contributed by atoms with E-state index in [2.05, 4.69) is 32.0 Å². The fourth-order valence-electron chi connectivity index (χ4n) is 3.25. The Labute approximate surface area is 158 Å². The molecule has 3 N–H and O–H groups in total. The second kappa shape index (κ2) is 7.09. The van der Waals surface area contributed by atoms with Gasteiger partial charge in [-0.05, 0) is 56.9 Å². The van der Waals surface area contributed by atoms with E-state index in [0.717, 1.165) is 52.9 Å². The van der Waals surface area contributed by atoms with Crippen molar-refractivity contribution in [3.8, 4) is 5.69 Å². The molecule has 140 valence electrons. The molecular weight excluding hydrogens is 340 g/mol. The first-order valence-corrected chi connectivity index (χ1v) is 9.19. The smallest absolute Gasteiger partial charge is 0.162 e. The molecule has 0 saturated heterocycles. The molecule has 7 nitrogen and oxygen atoms in total. The molecule has 3 heterocycles. The van der Waals surface area contributed by atoms with Crippen molar-refractivity contribution in [3.63, 3.8) is 0 Å². The van der Waals surface area contributed by atoms with E-state index in [1.165, 1.54) is 0 Å². The average Bonchev–Trinajstić information content (AvgIpc) is 3.30. The van der Waals surface area contributed by atoms with Crippen molar-refractivity contribution in [2.45, 2.75) is 38.7 Å². The van der Waals surface area contributed by atoms with Gasteiger partial charge in [0.2, 0.25) is 0 Å². The van der Waals surface area contributed by atoms with Crippen LogP contribution in [-0.2, 0) is 6.42 Å². The highest BCUT2D eigenvalue weighted by molar-refractivity contribution is 5.99. The number of nitrogens with zero attached hydrogens (tertiary/aromatic N) is 4. The summed E-state index contributed by atoms with van der Waals surface area (Å²) in [7, 11) is 0. The fraction of sp³-hybridized carbons (Fsp3) is 0.350. The zero-order valence-electron chi connectivity index (χ0n) is 15.6. The molecule has 0 aliphatic carbocycles. The van der Waals surface area contributed by atoms with Crippen LogP contribution in [0.5, 0.6) is 0 Å². The number of hydrogen-bond acceptors (Lipinski definition) is 6. The number of aryl methyl sites for hydroxylation is 1. The Bertz CT molecular complexity index is 986. The third kappa shape index (κ3) is 3.99. The van der Waals surface area contributed by atoms with Gasteiger partial charge in [0.1, 0.15) is 12.5 Å². The van der Waals surface area contributed by atoms with Crippen molar-refractivity contribution in [3.05, 3.63) is 53.9 Å². The van der Waals surface area contributed by atoms with Crippen LogP contribution >= 0.6 is 0 Å². The van der Waals surface area contributed by atoms with Gasteiger partial charge in [-0.2, -0.15) is 5.10 Å². The lowest BCUT2D eigenvalue weighted by Crippen LogP contribution is -2.30. The van der Waals surface area contributed by atoms with E-state index in [-0.39, 0.29) is 0 Å². The molecule has 0 amide bonds. The highest BCUT2D eigenvalue weighted by Gasteiger charge is 2.13. The molecule has 4 rings (SSSR count). The lowest BCUT2D eigenvalue weighted by Gasteiger charge is -2.16. The van der Waals surface area contributed by atoms with E-state index in [0.29, 0.717) is 6.67 Å². The minimum absolute atomic E-state index is 0.571. The van der Waals surface area contributed by atoms with Gasteiger partial charge in [-0.1, -0.05) is 12.1 Å². The molecule has 0 radical (unpaired) electrons. The monoisotopic (exact) mass is 364 g/mol. The van der Waals surface area contributed by atoms with E-state index in [4.69, 9.17) is 0 Å². The highest BCUT2D eigenvalue weighted by atomic mass is 16.3. The minimum atomic E-state index is -0.624. The molecule has 0 bridgehead atoms. The minimum Gasteiger partial charge on any atom is -0.390 e. The summed E-state index contributed by atoms with van der Waals surface area (Å²) in [5, 5.41) is 15.4. The molecule has 2 aromatic heterocycles. The van der Waals surface area contributed by atoms with Gasteiger partial charge in [-0.15, -0.1) is 0 Å². The van der Waals surface area contributed by atoms with Gasteiger partial charge in [-0.25, -0.2) is 20.1 Å². The number of aromatic nitrogens is 3. The Morgan fingerprint density at radius 1 is 1.22 bits per heavy atom. The highest BCUT2D eigenvalue weighted by Crippen LogP contribution is 2.20. The molecular formula is C20H24N6O. The van der Waals surface area contributed by atoms with Gasteiger partial charge in [-0.3, -0.25) is 0 Å². The Morgan fingerprint density at radius 3 is 2.89 bits per heavy atom. The number of hydrogen-bond donors (Lipinski definition) is 3. The maximum Gasteiger partial charge on any atom is 0.162 e. The first kappa shape index (κ1) is 17.6. The molecule has 0 saturated carbocycles. The Morgan fingerprint density at radius 2 is 2.11 bits per heavy atom. The third-order valence-corrected chi connectivity index (χ3v) is 4.61. The van der Waals surface area contributed by atoms with Crippen molar-refractivity contribution in [1.29, 1.82) is 0 Å². The van der Waals surface area contributed by atoms with Gasteiger partial charge in [0, 0.05) is 17.1 Å². The third-order valence-electron chi connectivity index (χ3n) is 4.61. The van der Waals surface area contributed by atoms with Crippen LogP contribution in [0.3, 0.4) is 0 Å². The second-order valence-electron chi connectivity index (χ2n) is 7.50. The van der Waals surface area contributed by atoms with E-state index in [9.17, 15) is 5.11 Å². The quantitative estimate of drug-likeness (QED) is 0.625. The molecule has 1 aliphatic heterocycles. The number of benzene rings is 1. The molecule has 0 unspecified atom stereocenters. The lowest BCUT2D eigenvalue weighted by molar-refractivity contribution is 0.0689. The van der Waals surface area contributed by atoms with E-state index >= 15 is 0 Å². The number of aliphatic hydroxyl groups is 1. The van der Waals surface area contributed by atoms with Gasteiger partial charge < -0.3 is 10.5 Å². The predicted molar refractivity (Wildman–Crippen MR) is 106 cm³/mol. The first-order valence-electron chi connectivity index (χ1n) is 9.19. The second-order valence-corrected chi connectivity index (χ2v) is 7.50. The summed E-state index contributed by atoms with van der Waals surface area (Å²) in [5.41, 5.74) is 9.36. The van der Waals surface area contributed by atoms with Crippen LogP contribution in [0.2, 0.25) is 0 Å². The number of pyridine rings is 1. The number of nitrogens with one attached hydrogen (secondary N) is 2. The number of hydrazine groups is 1. The van der Waals surface area contributed by atoms with Crippen LogP contribution in [0, 0.1) is 0 Å². The van der Waals surface area contributed by atoms with Gasteiger partial charge in [0.25, 0.3) is 0 Å². The van der Waals surface area contributed by atoms with Crippen molar-refractivity contribution in [2.75, 3.05) is 6.67 Å². The van der Waals surface area contributed by atoms with Crippen LogP contribution in [0.15, 0.2) is 47.7 Å². The fourth-order valence-corrected chi connectivity index (χ4v) is 3.25. The average molecular weight is 364 g/mol. The maximum absolute atomic E-state index is 9.85. The summed E-state index contributed by atoms with van der Waals surface area (Å²) in [4.78, 5) is 9.02. The van der Waals surface area contributed by atoms with Crippen molar-refractivity contribution >= 4 is 16.9 Å². The molecule has 27 heavy (non-hydrogen) atoms. The summed E-state index contributed by atoms with van der Waals surface area (Å²) in [6.07, 6.45) is 6.34. The van der Waals surface area contributed by atoms with Gasteiger partial charge in [0.05, 0.1) is 17.5 Å². The van der Waals surface area contributed by atoms with Crippen LogP contribution in [0.1, 0.15) is 37.8 Å². The summed E-state index contributed by atoms with van der Waals surface area (Å²) in [6.45, 7) is 4.26. The zero-order valence-corrected chi connectivity index (χ0v) is 15.6. The Kier molecular flexibility index (Phi) is 4.63. The van der Waals surface area contributed by atoms with Crippen molar-refractivity contribution in [2.24, 2.45) is 4.99 Å². The molecule has 3 aromatic rings. The molecule has 0 spiro atoms. The number of aliphatic imine (C=N–C) groups is 1. The van der Waals surface area contributed by atoms with E-state index in [1.54, 1.807) is 0 Å². The molecule has 7 heteroatoms. The van der Waals surface area contributed by atoms with E-state index < -0.39 is 5.60 Å². The SMILES string of the molecule is CC(C)(O)CCCc1cnc2c(cnn2-c2cccc(C3=NCNN3)c2)c1. The number of amidine groups is 1. The Hall–Kier alpha value is -2.77. The van der Waals surface area contributed by atoms with Gasteiger partial charge >= 0.3 is 0 Å². The normalized spacial score (nSPS) is 14.4. The predicted octanol–water partition coefficient (Wildman–Crippen LogP) is 2.33. The first-order chi connectivity index (χ1) is 13.0. The van der Waals surface area contributed by atoms with Crippen LogP contribution < -0.4 is 10.9 Å². The summed E-state index contributed by atoms with van der Waals surface area (Å²) in [5.74, 6) is 0.829. The number of fused-ring (bicyclic) bond motifs is 1. The molecule has 0 fully saturated rings. The van der Waals surface area contributed by atoms with Gasteiger partial charge in [0.15, 0.2) is 5.65 Å².